The molecule has 112 valence electrons. The van der Waals surface area contributed by atoms with Gasteiger partial charge in [0.2, 0.25) is 0 Å². The molecule has 1 fully saturated rings. The molecule has 1 aliphatic rings. The van der Waals surface area contributed by atoms with E-state index in [1.807, 2.05) is 11.9 Å². The molecule has 0 spiro atoms. The highest BCUT2D eigenvalue weighted by Gasteiger charge is 2.22. The van der Waals surface area contributed by atoms with Crippen molar-refractivity contribution in [1.82, 2.24) is 10.3 Å². The Bertz CT molecular complexity index is 437. The van der Waals surface area contributed by atoms with Crippen molar-refractivity contribution in [2.45, 2.75) is 44.8 Å². The van der Waals surface area contributed by atoms with E-state index in [-0.39, 0.29) is 5.82 Å². The van der Waals surface area contributed by atoms with Gasteiger partial charge in [-0.2, -0.15) is 11.8 Å². The second kappa shape index (κ2) is 7.27. The van der Waals surface area contributed by atoms with Gasteiger partial charge in [-0.05, 0) is 31.6 Å². The van der Waals surface area contributed by atoms with Gasteiger partial charge in [0.05, 0.1) is 0 Å². The fourth-order valence-electron chi connectivity index (χ4n) is 2.26. The Morgan fingerprint density at radius 2 is 2.30 bits per heavy atom. The van der Waals surface area contributed by atoms with E-state index in [0.717, 1.165) is 12.2 Å². The number of thioether (sulfide) groups is 1. The third kappa shape index (κ3) is 3.85. The van der Waals surface area contributed by atoms with Crippen LogP contribution in [0.25, 0.3) is 0 Å². The van der Waals surface area contributed by atoms with Crippen molar-refractivity contribution in [3.05, 3.63) is 23.6 Å². The monoisotopic (exact) mass is 297 g/mol. The number of hydrogen-bond donors (Lipinski definition) is 1. The number of nitrogens with zero attached hydrogens (tertiary/aromatic N) is 2. The van der Waals surface area contributed by atoms with Crippen LogP contribution in [0.3, 0.4) is 0 Å². The lowest BCUT2D eigenvalue weighted by atomic mass is 10.2. The molecule has 0 amide bonds. The number of pyridine rings is 1. The molecule has 1 aliphatic carbocycles. The zero-order chi connectivity index (χ0) is 14.5. The van der Waals surface area contributed by atoms with Crippen LogP contribution in [0.5, 0.6) is 0 Å². The third-order valence-electron chi connectivity index (χ3n) is 3.82. The van der Waals surface area contributed by atoms with Crippen molar-refractivity contribution >= 4 is 17.6 Å². The van der Waals surface area contributed by atoms with Gasteiger partial charge in [0.15, 0.2) is 11.6 Å². The van der Waals surface area contributed by atoms with Gasteiger partial charge in [-0.1, -0.05) is 6.92 Å². The average molecular weight is 297 g/mol. The maximum absolute atomic E-state index is 14.6. The summed E-state index contributed by atoms with van der Waals surface area (Å²) in [6.45, 7) is 2.73. The van der Waals surface area contributed by atoms with Crippen LogP contribution < -0.4 is 10.2 Å². The smallest absolute Gasteiger partial charge is 0.170 e. The number of nitrogens with one attached hydrogen (secondary N) is 1. The fourth-order valence-corrected chi connectivity index (χ4v) is 3.11. The minimum absolute atomic E-state index is 0.178. The van der Waals surface area contributed by atoms with Crippen molar-refractivity contribution in [3.63, 3.8) is 0 Å². The first-order chi connectivity index (χ1) is 9.67. The van der Waals surface area contributed by atoms with Crippen LogP contribution >= 0.6 is 11.8 Å². The summed E-state index contributed by atoms with van der Waals surface area (Å²) < 4.78 is 14.6. The minimum atomic E-state index is -0.178. The molecule has 20 heavy (non-hydrogen) atoms. The summed E-state index contributed by atoms with van der Waals surface area (Å²) in [7, 11) is 1.94. The van der Waals surface area contributed by atoms with E-state index in [1.165, 1.54) is 12.8 Å². The molecule has 1 N–H and O–H groups in total. The maximum Gasteiger partial charge on any atom is 0.170 e. The first-order valence-electron chi connectivity index (χ1n) is 7.25. The molecule has 0 aromatic carbocycles. The molecule has 1 atom stereocenters. The molecule has 1 saturated carbocycles. The molecule has 3 nitrogen and oxygen atoms in total. The second-order valence-electron chi connectivity index (χ2n) is 5.39. The topological polar surface area (TPSA) is 28.2 Å². The van der Waals surface area contributed by atoms with Crippen LogP contribution in [0.2, 0.25) is 0 Å². The van der Waals surface area contributed by atoms with Crippen LogP contribution in [0.4, 0.5) is 10.2 Å². The van der Waals surface area contributed by atoms with Crippen molar-refractivity contribution in [3.8, 4) is 0 Å². The number of anilines is 1. The molecular weight excluding hydrogens is 273 g/mol. The lowest BCUT2D eigenvalue weighted by molar-refractivity contribution is 0.565. The van der Waals surface area contributed by atoms with Crippen LogP contribution in [0.1, 0.15) is 31.7 Å². The van der Waals surface area contributed by atoms with Crippen molar-refractivity contribution in [1.29, 1.82) is 0 Å². The van der Waals surface area contributed by atoms with Gasteiger partial charge >= 0.3 is 0 Å². The van der Waals surface area contributed by atoms with E-state index < -0.39 is 0 Å². The fraction of sp³-hybridized carbons (Fsp3) is 0.667. The van der Waals surface area contributed by atoms with E-state index in [2.05, 4.69) is 23.5 Å². The first-order valence-corrected chi connectivity index (χ1v) is 8.65. The highest BCUT2D eigenvalue weighted by Crippen LogP contribution is 2.24. The Morgan fingerprint density at radius 1 is 1.55 bits per heavy atom. The minimum Gasteiger partial charge on any atom is -0.353 e. The normalized spacial score (nSPS) is 16.2. The van der Waals surface area contributed by atoms with Gasteiger partial charge in [0.1, 0.15) is 0 Å². The molecule has 1 aromatic rings. The van der Waals surface area contributed by atoms with Crippen LogP contribution in [0, 0.1) is 5.82 Å². The molecular formula is C15H24FN3S. The molecule has 0 aliphatic heterocycles. The summed E-state index contributed by atoms with van der Waals surface area (Å²) in [5.74, 6) is 1.28. The van der Waals surface area contributed by atoms with Gasteiger partial charge in [-0.15, -0.1) is 0 Å². The molecule has 0 bridgehead atoms. The predicted molar refractivity (Wildman–Crippen MR) is 84.9 cm³/mol. The average Bonchev–Trinajstić information content (AvgIpc) is 3.27. The third-order valence-corrected chi connectivity index (χ3v) is 4.54. The van der Waals surface area contributed by atoms with Gasteiger partial charge in [-0.25, -0.2) is 9.37 Å². The van der Waals surface area contributed by atoms with E-state index in [0.29, 0.717) is 30.0 Å². The lowest BCUT2D eigenvalue weighted by Gasteiger charge is -2.28. The quantitative estimate of drug-likeness (QED) is 0.798. The number of aromatic nitrogens is 1. The van der Waals surface area contributed by atoms with Gasteiger partial charge < -0.3 is 10.2 Å². The largest absolute Gasteiger partial charge is 0.353 e. The first kappa shape index (κ1) is 15.6. The summed E-state index contributed by atoms with van der Waals surface area (Å²) in [5.41, 5.74) is 0.716. The standard InChI is InChI=1S/C15H24FN3S/c1-4-13(10-20-3)19(2)15-14(16)11(7-8-17-15)9-18-12-5-6-12/h7-8,12-13,18H,4-6,9-10H2,1-3H3. The molecule has 1 unspecified atom stereocenters. The van der Waals surface area contributed by atoms with Crippen molar-refractivity contribution in [2.75, 3.05) is 24.0 Å². The number of rotatable bonds is 8. The Morgan fingerprint density at radius 3 is 2.90 bits per heavy atom. The molecule has 0 saturated heterocycles. The van der Waals surface area contributed by atoms with Gasteiger partial charge in [0.25, 0.3) is 0 Å². The van der Waals surface area contributed by atoms with Gasteiger partial charge in [-0.3, -0.25) is 0 Å². The summed E-state index contributed by atoms with van der Waals surface area (Å²) in [6.07, 6.45) is 7.21. The zero-order valence-electron chi connectivity index (χ0n) is 12.5. The van der Waals surface area contributed by atoms with E-state index in [1.54, 1.807) is 24.0 Å². The molecule has 1 aromatic heterocycles. The lowest BCUT2D eigenvalue weighted by Crippen LogP contribution is -2.34. The Labute approximate surface area is 125 Å². The van der Waals surface area contributed by atoms with Crippen LogP contribution in [0.15, 0.2) is 12.3 Å². The van der Waals surface area contributed by atoms with E-state index in [9.17, 15) is 4.39 Å². The molecule has 1 heterocycles. The Kier molecular flexibility index (Phi) is 5.66. The highest BCUT2D eigenvalue weighted by atomic mass is 32.2. The summed E-state index contributed by atoms with van der Waals surface area (Å²) in [4.78, 5) is 6.23. The Hall–Kier alpha value is -0.810. The maximum atomic E-state index is 14.6. The van der Waals surface area contributed by atoms with Gasteiger partial charge in [0, 0.05) is 43.2 Å². The molecule has 2 rings (SSSR count). The van der Waals surface area contributed by atoms with E-state index >= 15 is 0 Å². The summed E-state index contributed by atoms with van der Waals surface area (Å²) >= 11 is 1.79. The van der Waals surface area contributed by atoms with Crippen LogP contribution in [-0.2, 0) is 6.54 Å². The summed E-state index contributed by atoms with van der Waals surface area (Å²) in [5, 5.41) is 3.36. The number of hydrogen-bond acceptors (Lipinski definition) is 4. The highest BCUT2D eigenvalue weighted by molar-refractivity contribution is 7.98. The van der Waals surface area contributed by atoms with E-state index in [4.69, 9.17) is 0 Å². The number of halogens is 1. The molecule has 5 heteroatoms. The summed E-state index contributed by atoms with van der Waals surface area (Å²) in [6, 6.07) is 2.68. The predicted octanol–water partition coefficient (Wildman–Crippen LogP) is 3.05. The zero-order valence-corrected chi connectivity index (χ0v) is 13.3. The SMILES string of the molecule is CCC(CSC)N(C)c1nccc(CNC2CC2)c1F. The molecule has 0 radical (unpaired) electrons. The van der Waals surface area contributed by atoms with Crippen molar-refractivity contribution in [2.24, 2.45) is 0 Å². The van der Waals surface area contributed by atoms with Crippen LogP contribution in [-0.4, -0.2) is 36.1 Å². The Balaban J connectivity index is 2.10. The van der Waals surface area contributed by atoms with Crippen molar-refractivity contribution < 1.29 is 4.39 Å². The second-order valence-corrected chi connectivity index (χ2v) is 6.30.